The van der Waals surface area contributed by atoms with Gasteiger partial charge < -0.3 is 15.0 Å². The summed E-state index contributed by atoms with van der Waals surface area (Å²) in [4.78, 5) is 18.6. The van der Waals surface area contributed by atoms with Crippen molar-refractivity contribution >= 4 is 32.7 Å². The second-order valence-corrected chi connectivity index (χ2v) is 9.23. The van der Waals surface area contributed by atoms with E-state index in [1.807, 2.05) is 18.2 Å². The number of ether oxygens (including phenoxy) is 1. The Hall–Kier alpha value is -2.71. The van der Waals surface area contributed by atoms with Crippen LogP contribution in [0.25, 0.3) is 10.2 Å². The lowest BCUT2D eigenvalue weighted by Gasteiger charge is -2.38. The smallest absolute Gasteiger partial charge is 0.321 e. The molecular weight excluding hydrogens is 391 g/mol. The topological polar surface area (TPSA) is 67.7 Å². The molecule has 2 aliphatic heterocycles. The highest BCUT2D eigenvalue weighted by Gasteiger charge is 2.76. The summed E-state index contributed by atoms with van der Waals surface area (Å²) in [6, 6.07) is 11.5. The first kappa shape index (κ1) is 17.2. The predicted molar refractivity (Wildman–Crippen MR) is 108 cm³/mol. The summed E-state index contributed by atoms with van der Waals surface area (Å²) < 4.78 is 19.7. The number of hydrogen-bond acceptors (Lipinski definition) is 4. The Labute approximate surface area is 170 Å². The van der Waals surface area contributed by atoms with E-state index in [9.17, 15) is 9.18 Å². The van der Waals surface area contributed by atoms with E-state index >= 15 is 0 Å². The number of piperidine rings is 1. The fourth-order valence-corrected chi connectivity index (χ4v) is 6.00. The number of urea groups is 1. The van der Waals surface area contributed by atoms with Gasteiger partial charge in [0.25, 0.3) is 0 Å². The number of benzene rings is 2. The second-order valence-electron chi connectivity index (χ2n) is 8.20. The van der Waals surface area contributed by atoms with Crippen LogP contribution < -0.4 is 20.3 Å². The van der Waals surface area contributed by atoms with Crippen molar-refractivity contribution in [2.45, 2.75) is 24.4 Å². The molecule has 8 heteroatoms. The number of rotatable bonds is 4. The van der Waals surface area contributed by atoms with Crippen LogP contribution in [0, 0.1) is 11.7 Å². The molecule has 4 unspecified atom stereocenters. The van der Waals surface area contributed by atoms with Gasteiger partial charge in [0.1, 0.15) is 23.9 Å². The van der Waals surface area contributed by atoms with Crippen LogP contribution in [-0.4, -0.2) is 35.7 Å². The number of aromatic nitrogens is 1. The van der Waals surface area contributed by atoms with E-state index in [0.717, 1.165) is 16.6 Å². The molecule has 0 bridgehead atoms. The molecule has 2 aromatic carbocycles. The van der Waals surface area contributed by atoms with Crippen molar-refractivity contribution in [1.82, 2.24) is 10.3 Å². The molecule has 4 atom stereocenters. The van der Waals surface area contributed by atoms with E-state index in [2.05, 4.69) is 15.6 Å². The van der Waals surface area contributed by atoms with Gasteiger partial charge in [-0.3, -0.25) is 5.32 Å². The van der Waals surface area contributed by atoms with Crippen LogP contribution in [0.4, 0.5) is 14.3 Å². The van der Waals surface area contributed by atoms with Gasteiger partial charge in [-0.05, 0) is 36.4 Å². The highest BCUT2D eigenvalue weighted by atomic mass is 32.1. The SMILES string of the molecule is O=C(Nc1nc2ccc(Oc3ccc(F)cc3)cc2s1)NC1CC23C[NH+]2CCC13. The van der Waals surface area contributed by atoms with E-state index in [4.69, 9.17) is 4.74 Å². The average Bonchev–Trinajstić information content (AvgIpc) is 3.16. The zero-order valence-corrected chi connectivity index (χ0v) is 16.4. The highest BCUT2D eigenvalue weighted by molar-refractivity contribution is 7.22. The number of anilines is 1. The number of thiazole rings is 1. The Balaban J connectivity index is 1.12. The first-order chi connectivity index (χ1) is 14.1. The van der Waals surface area contributed by atoms with Crippen LogP contribution in [0.15, 0.2) is 42.5 Å². The molecule has 1 saturated carbocycles. The number of carbonyl (C=O) groups is 1. The maximum Gasteiger partial charge on any atom is 0.321 e. The molecule has 6 rings (SSSR count). The molecule has 1 aromatic heterocycles. The van der Waals surface area contributed by atoms with E-state index in [0.29, 0.717) is 34.1 Å². The number of amides is 2. The number of nitrogens with one attached hydrogen (secondary N) is 3. The Morgan fingerprint density at radius 1 is 1.24 bits per heavy atom. The third-order valence-electron chi connectivity index (χ3n) is 6.59. The van der Waals surface area contributed by atoms with Crippen molar-refractivity contribution in [3.8, 4) is 11.5 Å². The molecule has 2 amide bonds. The monoisotopic (exact) mass is 411 g/mol. The number of quaternary nitrogens is 1. The lowest BCUT2D eigenvalue weighted by molar-refractivity contribution is -0.784. The Morgan fingerprint density at radius 2 is 2.07 bits per heavy atom. The molecule has 3 fully saturated rings. The first-order valence-corrected chi connectivity index (χ1v) is 10.7. The van der Waals surface area contributed by atoms with Gasteiger partial charge in [-0.15, -0.1) is 0 Å². The number of halogens is 1. The predicted octanol–water partition coefficient (Wildman–Crippen LogP) is 2.78. The maximum atomic E-state index is 13.0. The summed E-state index contributed by atoms with van der Waals surface area (Å²) >= 11 is 1.41. The molecule has 29 heavy (non-hydrogen) atoms. The second kappa shape index (κ2) is 6.14. The number of hydrogen-bond donors (Lipinski definition) is 3. The number of fused-ring (bicyclic) bond motifs is 1. The summed E-state index contributed by atoms with van der Waals surface area (Å²) in [5.74, 6) is 1.55. The molecule has 3 N–H and O–H groups in total. The molecule has 2 saturated heterocycles. The third kappa shape index (κ3) is 2.86. The van der Waals surface area contributed by atoms with Gasteiger partial charge in [-0.1, -0.05) is 11.3 Å². The standard InChI is InChI=1S/C21H19FN4O2S/c22-12-1-3-13(4-2-12)28-14-5-6-16-18(9-14)29-20(24-16)25-19(27)23-17-10-21-11-26(21)8-7-15(17)21/h1-6,9,15,17H,7-8,10-11H2,(H2,23,24,25,27)/p+1. The summed E-state index contributed by atoms with van der Waals surface area (Å²) in [7, 11) is 0. The molecule has 3 aliphatic rings. The Morgan fingerprint density at radius 3 is 2.86 bits per heavy atom. The zero-order valence-electron chi connectivity index (χ0n) is 15.6. The molecule has 0 radical (unpaired) electrons. The lowest BCUT2D eigenvalue weighted by Crippen LogP contribution is -2.96. The molecule has 3 aromatic rings. The van der Waals surface area contributed by atoms with Crippen molar-refractivity contribution in [3.05, 3.63) is 48.3 Å². The van der Waals surface area contributed by atoms with Crippen molar-refractivity contribution < 1.29 is 18.8 Å². The van der Waals surface area contributed by atoms with E-state index in [1.165, 1.54) is 43.0 Å². The van der Waals surface area contributed by atoms with Crippen LogP contribution >= 0.6 is 11.3 Å². The minimum Gasteiger partial charge on any atom is -0.457 e. The van der Waals surface area contributed by atoms with E-state index < -0.39 is 0 Å². The van der Waals surface area contributed by atoms with Gasteiger partial charge in [-0.25, -0.2) is 14.2 Å². The number of nitrogens with zero attached hydrogens (tertiary/aromatic N) is 1. The van der Waals surface area contributed by atoms with Crippen LogP contribution in [0.3, 0.4) is 0 Å². The molecule has 148 valence electrons. The quantitative estimate of drug-likeness (QED) is 0.579. The van der Waals surface area contributed by atoms with Crippen molar-refractivity contribution in [2.75, 3.05) is 18.4 Å². The van der Waals surface area contributed by atoms with Crippen molar-refractivity contribution in [3.63, 3.8) is 0 Å². The normalized spacial score (nSPS) is 28.9. The molecule has 6 nitrogen and oxygen atoms in total. The van der Waals surface area contributed by atoms with Crippen LogP contribution in [0.1, 0.15) is 12.8 Å². The summed E-state index contributed by atoms with van der Waals surface area (Å²) in [6.45, 7) is 2.54. The number of carbonyl (C=O) groups excluding carboxylic acids is 1. The third-order valence-corrected chi connectivity index (χ3v) is 7.52. The minimum absolute atomic E-state index is 0.180. The largest absolute Gasteiger partial charge is 0.457 e. The molecule has 1 spiro atoms. The highest BCUT2D eigenvalue weighted by Crippen LogP contribution is 2.46. The molecular formula is C21H20FN4O2S+. The van der Waals surface area contributed by atoms with E-state index in [1.54, 1.807) is 17.0 Å². The van der Waals surface area contributed by atoms with Crippen LogP contribution in [0.2, 0.25) is 0 Å². The van der Waals surface area contributed by atoms with Gasteiger partial charge in [0.05, 0.1) is 16.8 Å². The Bertz CT molecular complexity index is 1120. The fourth-order valence-electron chi connectivity index (χ4n) is 5.12. The first-order valence-electron chi connectivity index (χ1n) is 9.86. The van der Waals surface area contributed by atoms with Crippen LogP contribution in [-0.2, 0) is 0 Å². The lowest BCUT2D eigenvalue weighted by atomic mass is 9.68. The Kier molecular flexibility index (Phi) is 3.64. The van der Waals surface area contributed by atoms with Gasteiger partial charge in [0.15, 0.2) is 10.7 Å². The molecule has 3 heterocycles. The van der Waals surface area contributed by atoms with Crippen LogP contribution in [0.5, 0.6) is 11.5 Å². The molecule has 1 aliphatic carbocycles. The fraction of sp³-hybridized carbons (Fsp3) is 0.333. The average molecular weight is 411 g/mol. The summed E-state index contributed by atoms with van der Waals surface area (Å²) in [5, 5.41) is 6.57. The van der Waals surface area contributed by atoms with Gasteiger partial charge in [0.2, 0.25) is 0 Å². The van der Waals surface area contributed by atoms with E-state index in [-0.39, 0.29) is 11.8 Å². The van der Waals surface area contributed by atoms with Gasteiger partial charge in [0, 0.05) is 30.9 Å². The van der Waals surface area contributed by atoms with Crippen molar-refractivity contribution in [1.29, 1.82) is 0 Å². The van der Waals surface area contributed by atoms with Crippen molar-refractivity contribution in [2.24, 2.45) is 5.92 Å². The summed E-state index contributed by atoms with van der Waals surface area (Å²) in [6.07, 6.45) is 2.32. The summed E-state index contributed by atoms with van der Waals surface area (Å²) in [5.41, 5.74) is 1.31. The maximum absolute atomic E-state index is 13.0. The minimum atomic E-state index is -0.301. The van der Waals surface area contributed by atoms with Gasteiger partial charge >= 0.3 is 6.03 Å². The zero-order chi connectivity index (χ0) is 19.6. The van der Waals surface area contributed by atoms with Gasteiger partial charge in [-0.2, -0.15) is 0 Å².